The van der Waals surface area contributed by atoms with Crippen molar-refractivity contribution in [3.63, 3.8) is 0 Å². The van der Waals surface area contributed by atoms with Gasteiger partial charge >= 0.3 is 0 Å². The summed E-state index contributed by atoms with van der Waals surface area (Å²) in [5.41, 5.74) is 6.48. The number of rotatable bonds is 2. The lowest BCUT2D eigenvalue weighted by atomic mass is 9.98. The van der Waals surface area contributed by atoms with Crippen LogP contribution in [0.15, 0.2) is 36.4 Å². The first-order valence-electron chi connectivity index (χ1n) is 7.34. The second-order valence-corrected chi connectivity index (χ2v) is 5.68. The summed E-state index contributed by atoms with van der Waals surface area (Å²) in [6.45, 7) is 5.95. The van der Waals surface area contributed by atoms with Crippen molar-refractivity contribution < 1.29 is 4.79 Å². The number of hydrogen-bond acceptors (Lipinski definition) is 2. The van der Waals surface area contributed by atoms with Gasteiger partial charge in [-0.15, -0.1) is 0 Å². The van der Waals surface area contributed by atoms with Gasteiger partial charge in [0.2, 0.25) is 0 Å². The van der Waals surface area contributed by atoms with Gasteiger partial charge in [-0.2, -0.15) is 0 Å². The lowest BCUT2D eigenvalue weighted by Gasteiger charge is -2.18. The molecule has 0 fully saturated rings. The Balaban J connectivity index is 1.82. The van der Waals surface area contributed by atoms with E-state index in [0.717, 1.165) is 36.3 Å². The molecule has 108 valence electrons. The SMILES string of the molecule is Cc1ccc(NC(=O)c2ccc3c(c2)CCNC3)c(C)c1. The minimum absolute atomic E-state index is 0.0386. The number of nitrogens with one attached hydrogen (secondary N) is 2. The van der Waals surface area contributed by atoms with Crippen LogP contribution in [-0.4, -0.2) is 12.5 Å². The first-order chi connectivity index (χ1) is 10.1. The van der Waals surface area contributed by atoms with Crippen LogP contribution in [0.2, 0.25) is 0 Å². The normalized spacial score (nSPS) is 13.6. The third-order valence-corrected chi connectivity index (χ3v) is 3.99. The second kappa shape index (κ2) is 5.70. The summed E-state index contributed by atoms with van der Waals surface area (Å²) in [6, 6.07) is 12.0. The molecular weight excluding hydrogens is 260 g/mol. The van der Waals surface area contributed by atoms with E-state index in [1.165, 1.54) is 16.7 Å². The van der Waals surface area contributed by atoms with Crippen LogP contribution in [0.25, 0.3) is 0 Å². The zero-order valence-corrected chi connectivity index (χ0v) is 12.5. The van der Waals surface area contributed by atoms with E-state index in [1.807, 2.05) is 31.2 Å². The number of hydrogen-bond donors (Lipinski definition) is 2. The molecule has 3 heteroatoms. The Labute approximate surface area is 125 Å². The van der Waals surface area contributed by atoms with E-state index in [1.54, 1.807) is 0 Å². The zero-order valence-electron chi connectivity index (χ0n) is 12.5. The Morgan fingerprint density at radius 2 is 1.95 bits per heavy atom. The Morgan fingerprint density at radius 3 is 2.76 bits per heavy atom. The summed E-state index contributed by atoms with van der Waals surface area (Å²) in [5, 5.41) is 6.35. The molecule has 1 heterocycles. The molecule has 1 aliphatic rings. The zero-order chi connectivity index (χ0) is 14.8. The maximum absolute atomic E-state index is 12.4. The summed E-state index contributed by atoms with van der Waals surface area (Å²) < 4.78 is 0. The quantitative estimate of drug-likeness (QED) is 0.887. The highest BCUT2D eigenvalue weighted by Crippen LogP contribution is 2.19. The fourth-order valence-corrected chi connectivity index (χ4v) is 2.77. The van der Waals surface area contributed by atoms with Crippen LogP contribution in [0.5, 0.6) is 0 Å². The fourth-order valence-electron chi connectivity index (χ4n) is 2.77. The smallest absolute Gasteiger partial charge is 0.255 e. The van der Waals surface area contributed by atoms with E-state index in [4.69, 9.17) is 0 Å². The average Bonchev–Trinajstić information content (AvgIpc) is 2.49. The fraction of sp³-hybridized carbons (Fsp3) is 0.278. The topological polar surface area (TPSA) is 41.1 Å². The van der Waals surface area contributed by atoms with Gasteiger partial charge in [0.15, 0.2) is 0 Å². The number of carbonyl (C=O) groups excluding carboxylic acids is 1. The van der Waals surface area contributed by atoms with E-state index >= 15 is 0 Å². The summed E-state index contributed by atoms with van der Waals surface area (Å²) in [4.78, 5) is 12.4. The summed E-state index contributed by atoms with van der Waals surface area (Å²) >= 11 is 0. The lowest BCUT2D eigenvalue weighted by Crippen LogP contribution is -2.24. The molecule has 0 bridgehead atoms. The van der Waals surface area contributed by atoms with Gasteiger partial charge < -0.3 is 10.6 Å². The molecule has 2 aromatic carbocycles. The van der Waals surface area contributed by atoms with Crippen LogP contribution in [0.4, 0.5) is 5.69 Å². The van der Waals surface area contributed by atoms with Crippen LogP contribution in [0.3, 0.4) is 0 Å². The molecule has 21 heavy (non-hydrogen) atoms. The molecule has 0 saturated carbocycles. The maximum atomic E-state index is 12.4. The molecule has 0 spiro atoms. The van der Waals surface area contributed by atoms with Crippen LogP contribution in [-0.2, 0) is 13.0 Å². The molecule has 2 aromatic rings. The lowest BCUT2D eigenvalue weighted by molar-refractivity contribution is 0.102. The summed E-state index contributed by atoms with van der Waals surface area (Å²) in [6.07, 6.45) is 0.986. The average molecular weight is 280 g/mol. The van der Waals surface area contributed by atoms with Crippen LogP contribution in [0, 0.1) is 13.8 Å². The summed E-state index contributed by atoms with van der Waals surface area (Å²) in [7, 11) is 0. The number of aryl methyl sites for hydroxylation is 2. The summed E-state index contributed by atoms with van der Waals surface area (Å²) in [5.74, 6) is -0.0386. The first kappa shape index (κ1) is 13.8. The Bertz CT molecular complexity index is 692. The van der Waals surface area contributed by atoms with E-state index in [9.17, 15) is 4.79 Å². The van der Waals surface area contributed by atoms with Crippen LogP contribution < -0.4 is 10.6 Å². The number of benzene rings is 2. The van der Waals surface area contributed by atoms with Gasteiger partial charge in [0.25, 0.3) is 5.91 Å². The van der Waals surface area contributed by atoms with Crippen molar-refractivity contribution in [3.8, 4) is 0 Å². The molecule has 0 atom stereocenters. The minimum Gasteiger partial charge on any atom is -0.322 e. The van der Waals surface area contributed by atoms with Crippen molar-refractivity contribution in [2.45, 2.75) is 26.8 Å². The predicted octanol–water partition coefficient (Wildman–Crippen LogP) is 3.20. The van der Waals surface area contributed by atoms with Crippen LogP contribution in [0.1, 0.15) is 32.6 Å². The van der Waals surface area contributed by atoms with Gasteiger partial charge in [-0.25, -0.2) is 0 Å². The van der Waals surface area contributed by atoms with Crippen LogP contribution >= 0.6 is 0 Å². The van der Waals surface area contributed by atoms with Crippen molar-refractivity contribution in [3.05, 3.63) is 64.2 Å². The maximum Gasteiger partial charge on any atom is 0.255 e. The van der Waals surface area contributed by atoms with Gasteiger partial charge in [0, 0.05) is 17.8 Å². The number of fused-ring (bicyclic) bond motifs is 1. The largest absolute Gasteiger partial charge is 0.322 e. The molecule has 3 rings (SSSR count). The molecule has 0 unspecified atom stereocenters. The molecule has 0 radical (unpaired) electrons. The van der Waals surface area contributed by atoms with Gasteiger partial charge in [-0.05, 0) is 61.7 Å². The first-order valence-corrected chi connectivity index (χ1v) is 7.34. The van der Waals surface area contributed by atoms with E-state index < -0.39 is 0 Å². The number of carbonyl (C=O) groups is 1. The molecule has 0 aliphatic carbocycles. The van der Waals surface area contributed by atoms with Gasteiger partial charge in [0.05, 0.1) is 0 Å². The van der Waals surface area contributed by atoms with Crippen molar-refractivity contribution in [1.82, 2.24) is 5.32 Å². The highest BCUT2D eigenvalue weighted by molar-refractivity contribution is 6.04. The van der Waals surface area contributed by atoms with Crippen molar-refractivity contribution in [2.75, 3.05) is 11.9 Å². The van der Waals surface area contributed by atoms with E-state index in [-0.39, 0.29) is 5.91 Å². The van der Waals surface area contributed by atoms with E-state index in [0.29, 0.717) is 0 Å². The van der Waals surface area contributed by atoms with Gasteiger partial charge in [0.1, 0.15) is 0 Å². The highest BCUT2D eigenvalue weighted by Gasteiger charge is 2.13. The Hall–Kier alpha value is -2.13. The Kier molecular flexibility index (Phi) is 3.76. The second-order valence-electron chi connectivity index (χ2n) is 5.68. The predicted molar refractivity (Wildman–Crippen MR) is 85.7 cm³/mol. The third-order valence-electron chi connectivity index (χ3n) is 3.99. The molecular formula is C18H20N2O. The monoisotopic (exact) mass is 280 g/mol. The van der Waals surface area contributed by atoms with Gasteiger partial charge in [-0.1, -0.05) is 23.8 Å². The van der Waals surface area contributed by atoms with E-state index in [2.05, 4.69) is 29.7 Å². The molecule has 1 aliphatic heterocycles. The molecule has 2 N–H and O–H groups in total. The highest BCUT2D eigenvalue weighted by atomic mass is 16.1. The molecule has 3 nitrogen and oxygen atoms in total. The number of anilines is 1. The minimum atomic E-state index is -0.0386. The molecule has 0 saturated heterocycles. The van der Waals surface area contributed by atoms with Crippen molar-refractivity contribution in [1.29, 1.82) is 0 Å². The number of amides is 1. The van der Waals surface area contributed by atoms with Crippen molar-refractivity contribution >= 4 is 11.6 Å². The standard InChI is InChI=1S/C18H20N2O/c1-12-3-6-17(13(2)9-12)20-18(21)15-4-5-16-11-19-8-7-14(16)10-15/h3-6,9-10,19H,7-8,11H2,1-2H3,(H,20,21). The van der Waals surface area contributed by atoms with Gasteiger partial charge in [-0.3, -0.25) is 4.79 Å². The van der Waals surface area contributed by atoms with Crippen molar-refractivity contribution in [2.24, 2.45) is 0 Å². The molecule has 1 amide bonds. The Morgan fingerprint density at radius 1 is 1.10 bits per heavy atom. The molecule has 0 aromatic heterocycles. The third kappa shape index (κ3) is 2.98.